The topological polar surface area (TPSA) is 41.1 Å². The first-order chi connectivity index (χ1) is 10.9. The third-order valence-corrected chi connectivity index (χ3v) is 4.86. The molecule has 1 aliphatic carbocycles. The maximum absolute atomic E-state index is 12.7. The minimum Gasteiger partial charge on any atom is -0.385 e. The second-order valence-corrected chi connectivity index (χ2v) is 6.43. The van der Waals surface area contributed by atoms with E-state index < -0.39 is 12.1 Å². The predicted molar refractivity (Wildman–Crippen MR) is 89.8 cm³/mol. The first-order valence-electron chi connectivity index (χ1n) is 8.18. The van der Waals surface area contributed by atoms with E-state index in [1.54, 1.807) is 6.07 Å². The summed E-state index contributed by atoms with van der Waals surface area (Å²) < 4.78 is 38.1. The lowest BCUT2D eigenvalue weighted by atomic mass is 9.85. The van der Waals surface area contributed by atoms with Gasteiger partial charge in [-0.3, -0.25) is 4.79 Å². The lowest BCUT2D eigenvalue weighted by Crippen LogP contribution is -2.40. The van der Waals surface area contributed by atoms with Gasteiger partial charge in [-0.15, -0.1) is 12.4 Å². The molecule has 1 aromatic carbocycles. The Labute approximate surface area is 145 Å². The summed E-state index contributed by atoms with van der Waals surface area (Å²) in [6, 6.07) is 5.43. The van der Waals surface area contributed by atoms with Crippen LogP contribution in [0.2, 0.25) is 0 Å². The monoisotopic (exact) mass is 362 g/mol. The first-order valence-corrected chi connectivity index (χ1v) is 8.18. The van der Waals surface area contributed by atoms with Crippen LogP contribution in [0, 0.1) is 5.92 Å². The van der Waals surface area contributed by atoms with E-state index in [0.29, 0.717) is 18.4 Å². The molecule has 3 rings (SSSR count). The summed E-state index contributed by atoms with van der Waals surface area (Å²) in [4.78, 5) is 12.5. The zero-order valence-electron chi connectivity index (χ0n) is 13.3. The Hall–Kier alpha value is -1.43. The van der Waals surface area contributed by atoms with Crippen molar-refractivity contribution >= 4 is 24.0 Å². The Morgan fingerprint density at radius 1 is 1.17 bits per heavy atom. The molecule has 1 saturated carbocycles. The summed E-state index contributed by atoms with van der Waals surface area (Å²) in [5.74, 6) is -1.38. The minimum absolute atomic E-state index is 0. The van der Waals surface area contributed by atoms with E-state index in [-0.39, 0.29) is 37.2 Å². The highest BCUT2D eigenvalue weighted by atomic mass is 35.5. The Kier molecular flexibility index (Phi) is 6.01. The molecule has 1 fully saturated rings. The van der Waals surface area contributed by atoms with Crippen LogP contribution >= 0.6 is 12.4 Å². The summed E-state index contributed by atoms with van der Waals surface area (Å²) in [5.41, 5.74) is 2.65. The van der Waals surface area contributed by atoms with Gasteiger partial charge in [-0.2, -0.15) is 13.2 Å². The van der Waals surface area contributed by atoms with Crippen LogP contribution in [0.15, 0.2) is 18.2 Å². The van der Waals surface area contributed by atoms with Crippen molar-refractivity contribution in [1.29, 1.82) is 0 Å². The van der Waals surface area contributed by atoms with Crippen LogP contribution in [0.5, 0.6) is 0 Å². The Morgan fingerprint density at radius 2 is 1.88 bits per heavy atom. The van der Waals surface area contributed by atoms with Crippen LogP contribution in [0.3, 0.4) is 0 Å². The molecule has 0 bridgehead atoms. The number of rotatable bonds is 2. The lowest BCUT2D eigenvalue weighted by molar-refractivity contribution is -0.182. The number of carbonyl (C=O) groups excluding carboxylic acids is 1. The van der Waals surface area contributed by atoms with Gasteiger partial charge in [0.15, 0.2) is 0 Å². The van der Waals surface area contributed by atoms with Crippen LogP contribution in [0.25, 0.3) is 0 Å². The van der Waals surface area contributed by atoms with Crippen molar-refractivity contribution in [2.45, 2.75) is 50.7 Å². The van der Waals surface area contributed by atoms with Gasteiger partial charge in [0.1, 0.15) is 0 Å². The molecule has 7 heteroatoms. The fraction of sp³-hybridized carbons (Fsp3) is 0.588. The second-order valence-electron chi connectivity index (χ2n) is 6.43. The Morgan fingerprint density at radius 3 is 2.54 bits per heavy atom. The number of benzene rings is 1. The van der Waals surface area contributed by atoms with Crippen LogP contribution < -0.4 is 10.6 Å². The van der Waals surface area contributed by atoms with Crippen molar-refractivity contribution in [3.8, 4) is 0 Å². The van der Waals surface area contributed by atoms with E-state index in [4.69, 9.17) is 0 Å². The zero-order valence-corrected chi connectivity index (χ0v) is 14.1. The normalized spacial score (nSPS) is 23.5. The molecular weight excluding hydrogens is 341 g/mol. The van der Waals surface area contributed by atoms with Crippen LogP contribution in [-0.2, 0) is 6.42 Å². The van der Waals surface area contributed by atoms with Crippen LogP contribution in [-0.4, -0.2) is 24.7 Å². The average molecular weight is 363 g/mol. The number of hydrogen-bond donors (Lipinski definition) is 2. The minimum atomic E-state index is -4.11. The molecule has 1 heterocycles. The SMILES string of the molecule is Cl.O=C(NC1CCC(C(F)(F)F)CC1)c1cccc2c1CCCN2. The highest BCUT2D eigenvalue weighted by Crippen LogP contribution is 2.37. The van der Waals surface area contributed by atoms with Crippen molar-refractivity contribution in [2.75, 3.05) is 11.9 Å². The molecule has 3 nitrogen and oxygen atoms in total. The van der Waals surface area contributed by atoms with Crippen molar-refractivity contribution in [1.82, 2.24) is 5.32 Å². The molecule has 2 aliphatic rings. The van der Waals surface area contributed by atoms with Gasteiger partial charge >= 0.3 is 6.18 Å². The van der Waals surface area contributed by atoms with E-state index >= 15 is 0 Å². The van der Waals surface area contributed by atoms with Crippen LogP contribution in [0.1, 0.15) is 48.0 Å². The Balaban J connectivity index is 0.00000208. The average Bonchev–Trinajstić information content (AvgIpc) is 2.54. The highest BCUT2D eigenvalue weighted by Gasteiger charge is 2.41. The molecule has 0 unspecified atom stereocenters. The smallest absolute Gasteiger partial charge is 0.385 e. The largest absolute Gasteiger partial charge is 0.391 e. The van der Waals surface area contributed by atoms with Crippen molar-refractivity contribution in [3.63, 3.8) is 0 Å². The third kappa shape index (κ3) is 4.15. The van der Waals surface area contributed by atoms with Gasteiger partial charge in [0, 0.05) is 23.8 Å². The van der Waals surface area contributed by atoms with Crippen molar-refractivity contribution in [3.05, 3.63) is 29.3 Å². The predicted octanol–water partition coefficient (Wildman–Crippen LogP) is 4.32. The number of alkyl halides is 3. The van der Waals surface area contributed by atoms with Crippen molar-refractivity contribution in [2.24, 2.45) is 5.92 Å². The van der Waals surface area contributed by atoms with Crippen LogP contribution in [0.4, 0.5) is 18.9 Å². The summed E-state index contributed by atoms with van der Waals surface area (Å²) >= 11 is 0. The molecule has 0 saturated heterocycles. The number of carbonyl (C=O) groups is 1. The molecule has 0 radical (unpaired) electrons. The molecule has 1 amide bonds. The number of amides is 1. The van der Waals surface area contributed by atoms with Gasteiger partial charge in [0.25, 0.3) is 5.91 Å². The number of hydrogen-bond acceptors (Lipinski definition) is 2. The van der Waals surface area contributed by atoms with Gasteiger partial charge in [-0.05, 0) is 56.2 Å². The van der Waals surface area contributed by atoms with E-state index in [0.717, 1.165) is 30.6 Å². The number of halogens is 4. The molecule has 2 N–H and O–H groups in total. The second kappa shape index (κ2) is 7.64. The molecule has 1 aromatic rings. The molecule has 1 aliphatic heterocycles. The fourth-order valence-electron chi connectivity index (χ4n) is 3.55. The van der Waals surface area contributed by atoms with Gasteiger partial charge in [0.05, 0.1) is 5.92 Å². The quantitative estimate of drug-likeness (QED) is 0.822. The molecule has 0 atom stereocenters. The fourth-order valence-corrected chi connectivity index (χ4v) is 3.55. The van der Waals surface area contributed by atoms with E-state index in [1.165, 1.54) is 0 Å². The third-order valence-electron chi connectivity index (χ3n) is 4.86. The molecule has 134 valence electrons. The van der Waals surface area contributed by atoms with Gasteiger partial charge in [-0.1, -0.05) is 6.07 Å². The number of nitrogens with one attached hydrogen (secondary N) is 2. The van der Waals surface area contributed by atoms with E-state index in [2.05, 4.69) is 10.6 Å². The standard InChI is InChI=1S/C17H21F3N2O.ClH/c18-17(19,20)11-6-8-12(9-7-11)22-16(23)14-3-1-5-15-13(14)4-2-10-21-15;/h1,3,5,11-12,21H,2,4,6-10H2,(H,22,23);1H. The van der Waals surface area contributed by atoms with Gasteiger partial charge in [0.2, 0.25) is 0 Å². The molecule has 24 heavy (non-hydrogen) atoms. The van der Waals surface area contributed by atoms with E-state index in [1.807, 2.05) is 12.1 Å². The lowest BCUT2D eigenvalue weighted by Gasteiger charge is -2.30. The zero-order chi connectivity index (χ0) is 16.4. The number of anilines is 1. The van der Waals surface area contributed by atoms with Gasteiger partial charge < -0.3 is 10.6 Å². The summed E-state index contributed by atoms with van der Waals surface area (Å²) in [6.45, 7) is 0.902. The summed E-state index contributed by atoms with van der Waals surface area (Å²) in [6.07, 6.45) is -1.29. The van der Waals surface area contributed by atoms with Crippen molar-refractivity contribution < 1.29 is 18.0 Å². The molecule has 0 spiro atoms. The number of fused-ring (bicyclic) bond motifs is 1. The maximum Gasteiger partial charge on any atom is 0.391 e. The first kappa shape index (κ1) is 18.9. The van der Waals surface area contributed by atoms with Gasteiger partial charge in [-0.25, -0.2) is 0 Å². The summed E-state index contributed by atoms with van der Waals surface area (Å²) in [7, 11) is 0. The highest BCUT2D eigenvalue weighted by molar-refractivity contribution is 5.97. The maximum atomic E-state index is 12.7. The molecular formula is C17H22ClF3N2O. The van der Waals surface area contributed by atoms with E-state index in [9.17, 15) is 18.0 Å². The molecule has 0 aromatic heterocycles. The summed E-state index contributed by atoms with van der Waals surface area (Å²) in [5, 5.41) is 6.20. The Bertz CT molecular complexity index is 584.